The van der Waals surface area contributed by atoms with Crippen LogP contribution in [0.25, 0.3) is 10.8 Å². The summed E-state index contributed by atoms with van der Waals surface area (Å²) in [5.74, 6) is 1.05. The van der Waals surface area contributed by atoms with Crippen LogP contribution in [0.1, 0.15) is 20.8 Å². The topological polar surface area (TPSA) is 34.9 Å². The first-order valence-electron chi connectivity index (χ1n) is 6.49. The van der Waals surface area contributed by atoms with Gasteiger partial charge in [0, 0.05) is 11.9 Å². The van der Waals surface area contributed by atoms with E-state index >= 15 is 0 Å². The molecule has 0 aliphatic carbocycles. The third kappa shape index (κ3) is 3.00. The summed E-state index contributed by atoms with van der Waals surface area (Å²) >= 11 is 4.40. The fraction of sp³-hybridized carbons (Fsp3) is 0.467. The van der Waals surface area contributed by atoms with E-state index in [0.717, 1.165) is 16.5 Å². The largest absolute Gasteiger partial charge is 0.274 e. The lowest BCUT2D eigenvalue weighted by atomic mass is 9.82. The highest BCUT2D eigenvalue weighted by Crippen LogP contribution is 2.27. The monoisotopic (exact) mass is 276 g/mol. The Balaban J connectivity index is 2.41. The first kappa shape index (κ1) is 14.1. The average Bonchev–Trinajstić information content (AvgIpc) is 2.37. The van der Waals surface area contributed by atoms with Gasteiger partial charge in [-0.2, -0.15) is 17.7 Å². The second-order valence-corrected chi connectivity index (χ2v) is 6.33. The van der Waals surface area contributed by atoms with Crippen LogP contribution in [0.4, 0.5) is 0 Å². The SMILES string of the molecule is CC(C)(C)C(CS)Cn1ncc2ccccc2c1=O. The van der Waals surface area contributed by atoms with Gasteiger partial charge in [-0.1, -0.05) is 39.0 Å². The number of rotatable bonds is 3. The quantitative estimate of drug-likeness (QED) is 0.875. The first-order chi connectivity index (χ1) is 8.93. The van der Waals surface area contributed by atoms with Gasteiger partial charge in [0.1, 0.15) is 0 Å². The van der Waals surface area contributed by atoms with E-state index in [9.17, 15) is 4.79 Å². The zero-order valence-corrected chi connectivity index (χ0v) is 12.5. The van der Waals surface area contributed by atoms with Gasteiger partial charge in [-0.3, -0.25) is 4.79 Å². The number of aromatic nitrogens is 2. The van der Waals surface area contributed by atoms with Crippen molar-refractivity contribution in [3.8, 4) is 0 Å². The van der Waals surface area contributed by atoms with E-state index < -0.39 is 0 Å². The Morgan fingerprint density at radius 3 is 2.63 bits per heavy atom. The summed E-state index contributed by atoms with van der Waals surface area (Å²) in [7, 11) is 0. The molecule has 2 aromatic rings. The molecule has 0 amide bonds. The van der Waals surface area contributed by atoms with E-state index in [1.165, 1.54) is 0 Å². The van der Waals surface area contributed by atoms with Crippen molar-refractivity contribution in [3.63, 3.8) is 0 Å². The molecule has 0 fully saturated rings. The van der Waals surface area contributed by atoms with Gasteiger partial charge in [0.25, 0.3) is 5.56 Å². The minimum Gasteiger partial charge on any atom is -0.267 e. The molecule has 3 nitrogen and oxygen atoms in total. The molecule has 1 heterocycles. The van der Waals surface area contributed by atoms with Crippen LogP contribution in [0.3, 0.4) is 0 Å². The normalized spacial score (nSPS) is 13.7. The maximum Gasteiger partial charge on any atom is 0.274 e. The molecule has 0 aliphatic heterocycles. The fourth-order valence-electron chi connectivity index (χ4n) is 2.07. The number of nitrogens with zero attached hydrogens (tertiary/aromatic N) is 2. The minimum absolute atomic E-state index is 0.0193. The van der Waals surface area contributed by atoms with Crippen LogP contribution in [0, 0.1) is 11.3 Å². The zero-order valence-electron chi connectivity index (χ0n) is 11.6. The number of hydrogen-bond donors (Lipinski definition) is 1. The van der Waals surface area contributed by atoms with Crippen molar-refractivity contribution < 1.29 is 0 Å². The van der Waals surface area contributed by atoms with E-state index in [2.05, 4.69) is 38.5 Å². The molecule has 0 radical (unpaired) electrons. The van der Waals surface area contributed by atoms with Crippen LogP contribution in [-0.2, 0) is 6.54 Å². The molecular formula is C15H20N2OS. The van der Waals surface area contributed by atoms with Crippen LogP contribution in [0.15, 0.2) is 35.3 Å². The van der Waals surface area contributed by atoms with Crippen LogP contribution >= 0.6 is 12.6 Å². The first-order valence-corrected chi connectivity index (χ1v) is 7.12. The van der Waals surface area contributed by atoms with Crippen molar-refractivity contribution in [2.24, 2.45) is 11.3 Å². The number of hydrogen-bond acceptors (Lipinski definition) is 3. The summed E-state index contributed by atoms with van der Waals surface area (Å²) in [6.07, 6.45) is 1.76. The van der Waals surface area contributed by atoms with Gasteiger partial charge in [0.15, 0.2) is 0 Å². The standard InChI is InChI=1S/C15H20N2OS/c1-15(2,3)12(10-19)9-17-14(18)13-7-5-4-6-11(13)8-16-17/h4-8,12,19H,9-10H2,1-3H3. The van der Waals surface area contributed by atoms with E-state index in [0.29, 0.717) is 12.5 Å². The van der Waals surface area contributed by atoms with Crippen molar-refractivity contribution >= 4 is 23.4 Å². The molecule has 0 bridgehead atoms. The molecule has 0 saturated heterocycles. The van der Waals surface area contributed by atoms with Gasteiger partial charge in [-0.25, -0.2) is 4.68 Å². The molecule has 2 rings (SSSR count). The van der Waals surface area contributed by atoms with E-state index in [-0.39, 0.29) is 11.0 Å². The molecule has 0 saturated carbocycles. The third-order valence-electron chi connectivity index (χ3n) is 3.60. The van der Waals surface area contributed by atoms with Crippen LogP contribution in [0.2, 0.25) is 0 Å². The van der Waals surface area contributed by atoms with Gasteiger partial charge in [0.2, 0.25) is 0 Å². The second kappa shape index (κ2) is 5.37. The highest BCUT2D eigenvalue weighted by molar-refractivity contribution is 7.80. The fourth-order valence-corrected chi connectivity index (χ4v) is 2.74. The molecule has 0 N–H and O–H groups in total. The van der Waals surface area contributed by atoms with Gasteiger partial charge in [-0.15, -0.1) is 0 Å². The summed E-state index contributed by atoms with van der Waals surface area (Å²) in [6.45, 7) is 7.11. The zero-order chi connectivity index (χ0) is 14.0. The highest BCUT2D eigenvalue weighted by Gasteiger charge is 2.24. The maximum atomic E-state index is 12.4. The third-order valence-corrected chi connectivity index (χ3v) is 4.04. The van der Waals surface area contributed by atoms with Crippen molar-refractivity contribution in [1.82, 2.24) is 9.78 Å². The highest BCUT2D eigenvalue weighted by atomic mass is 32.1. The van der Waals surface area contributed by atoms with Crippen LogP contribution in [0.5, 0.6) is 0 Å². The van der Waals surface area contributed by atoms with E-state index in [4.69, 9.17) is 0 Å². The predicted molar refractivity (Wildman–Crippen MR) is 82.8 cm³/mol. The van der Waals surface area contributed by atoms with Crippen LogP contribution in [-0.4, -0.2) is 15.5 Å². The van der Waals surface area contributed by atoms with Gasteiger partial charge in [0.05, 0.1) is 11.6 Å². The summed E-state index contributed by atoms with van der Waals surface area (Å²) in [4.78, 5) is 12.4. The van der Waals surface area contributed by atoms with Crippen molar-refractivity contribution in [3.05, 3.63) is 40.8 Å². The Kier molecular flexibility index (Phi) is 3.99. The maximum absolute atomic E-state index is 12.4. The van der Waals surface area contributed by atoms with Gasteiger partial charge >= 0.3 is 0 Å². The lowest BCUT2D eigenvalue weighted by Crippen LogP contribution is -2.33. The van der Waals surface area contributed by atoms with E-state index in [1.54, 1.807) is 10.9 Å². The molecule has 19 heavy (non-hydrogen) atoms. The average molecular weight is 276 g/mol. The predicted octanol–water partition coefficient (Wildman–Crippen LogP) is 2.99. The Morgan fingerprint density at radius 1 is 1.32 bits per heavy atom. The summed E-state index contributed by atoms with van der Waals surface area (Å²) in [6, 6.07) is 7.56. The number of thiol groups is 1. The van der Waals surface area contributed by atoms with E-state index in [1.807, 2.05) is 24.3 Å². The second-order valence-electron chi connectivity index (χ2n) is 5.96. The Hall–Kier alpha value is -1.29. The van der Waals surface area contributed by atoms with Crippen molar-refractivity contribution in [2.75, 3.05) is 5.75 Å². The molecule has 4 heteroatoms. The van der Waals surface area contributed by atoms with Crippen LogP contribution < -0.4 is 5.56 Å². The molecule has 1 aromatic heterocycles. The Bertz CT molecular complexity index is 628. The molecule has 0 aliphatic rings. The van der Waals surface area contributed by atoms with Crippen molar-refractivity contribution in [1.29, 1.82) is 0 Å². The molecule has 1 unspecified atom stereocenters. The van der Waals surface area contributed by atoms with Gasteiger partial charge < -0.3 is 0 Å². The molecule has 1 atom stereocenters. The molecule has 0 spiro atoms. The van der Waals surface area contributed by atoms with Gasteiger partial charge in [-0.05, 0) is 23.2 Å². The summed E-state index contributed by atoms with van der Waals surface area (Å²) < 4.78 is 1.56. The smallest absolute Gasteiger partial charge is 0.267 e. The molecular weight excluding hydrogens is 256 g/mol. The lowest BCUT2D eigenvalue weighted by molar-refractivity contribution is 0.228. The minimum atomic E-state index is -0.0193. The lowest BCUT2D eigenvalue weighted by Gasteiger charge is -2.29. The Labute approximate surface area is 119 Å². The van der Waals surface area contributed by atoms with Crippen molar-refractivity contribution in [2.45, 2.75) is 27.3 Å². The molecule has 102 valence electrons. The number of benzene rings is 1. The number of fused-ring (bicyclic) bond motifs is 1. The summed E-state index contributed by atoms with van der Waals surface area (Å²) in [5, 5.41) is 5.89. The molecule has 1 aromatic carbocycles. The Morgan fingerprint density at radius 2 is 2.00 bits per heavy atom. The summed E-state index contributed by atoms with van der Waals surface area (Å²) in [5.41, 5.74) is 0.0863.